The SMILES string of the molecule is O=S(=O)(c1cccc(Cl)c1)C1C[C@H]2CC[C@@H](C1)N2. The summed E-state index contributed by atoms with van der Waals surface area (Å²) in [6, 6.07) is 7.36. The highest BCUT2D eigenvalue weighted by Gasteiger charge is 2.40. The first-order valence-corrected chi connectivity index (χ1v) is 8.23. The monoisotopic (exact) mass is 285 g/mol. The highest BCUT2D eigenvalue weighted by Crippen LogP contribution is 2.33. The van der Waals surface area contributed by atoms with Crippen molar-refractivity contribution in [3.63, 3.8) is 0 Å². The van der Waals surface area contributed by atoms with Crippen molar-refractivity contribution in [2.24, 2.45) is 0 Å². The van der Waals surface area contributed by atoms with Crippen molar-refractivity contribution < 1.29 is 8.42 Å². The van der Waals surface area contributed by atoms with Crippen LogP contribution in [0.4, 0.5) is 0 Å². The van der Waals surface area contributed by atoms with Gasteiger partial charge in [0.25, 0.3) is 0 Å². The van der Waals surface area contributed by atoms with Crippen LogP contribution in [0, 0.1) is 0 Å². The third-order valence-corrected chi connectivity index (χ3v) is 6.40. The Morgan fingerprint density at radius 1 is 1.17 bits per heavy atom. The zero-order chi connectivity index (χ0) is 12.8. The molecule has 3 atom stereocenters. The lowest BCUT2D eigenvalue weighted by Crippen LogP contribution is -2.43. The van der Waals surface area contributed by atoms with Gasteiger partial charge in [0.1, 0.15) is 0 Å². The second-order valence-corrected chi connectivity index (χ2v) is 7.90. The average molecular weight is 286 g/mol. The van der Waals surface area contributed by atoms with E-state index in [0.29, 0.717) is 22.0 Å². The highest BCUT2D eigenvalue weighted by molar-refractivity contribution is 7.92. The summed E-state index contributed by atoms with van der Waals surface area (Å²) in [5, 5.41) is 3.69. The number of fused-ring (bicyclic) bond motifs is 2. The van der Waals surface area contributed by atoms with Crippen LogP contribution in [0.3, 0.4) is 0 Å². The van der Waals surface area contributed by atoms with Gasteiger partial charge in [-0.1, -0.05) is 17.7 Å². The zero-order valence-corrected chi connectivity index (χ0v) is 11.5. The molecule has 0 radical (unpaired) electrons. The first-order chi connectivity index (χ1) is 8.55. The Balaban J connectivity index is 1.91. The van der Waals surface area contributed by atoms with Gasteiger partial charge in [0.15, 0.2) is 9.84 Å². The summed E-state index contributed by atoms with van der Waals surface area (Å²) in [6.45, 7) is 0. The fourth-order valence-electron chi connectivity index (χ4n) is 3.09. The minimum Gasteiger partial charge on any atom is -0.311 e. The Labute approximate surface area is 112 Å². The molecule has 0 spiro atoms. The van der Waals surface area contributed by atoms with Gasteiger partial charge in [-0.15, -0.1) is 0 Å². The molecule has 1 unspecified atom stereocenters. The molecule has 0 aliphatic carbocycles. The minimum atomic E-state index is -3.23. The quantitative estimate of drug-likeness (QED) is 0.908. The van der Waals surface area contributed by atoms with Crippen molar-refractivity contribution in [1.29, 1.82) is 0 Å². The largest absolute Gasteiger partial charge is 0.311 e. The van der Waals surface area contributed by atoms with Crippen molar-refractivity contribution in [3.05, 3.63) is 29.3 Å². The summed E-state index contributed by atoms with van der Waals surface area (Å²) in [5.41, 5.74) is 0. The van der Waals surface area contributed by atoms with Crippen LogP contribution in [-0.2, 0) is 9.84 Å². The van der Waals surface area contributed by atoms with Gasteiger partial charge in [-0.25, -0.2) is 8.42 Å². The lowest BCUT2D eigenvalue weighted by atomic mass is 10.1. The molecule has 1 aromatic carbocycles. The van der Waals surface area contributed by atoms with E-state index in [0.717, 1.165) is 25.7 Å². The van der Waals surface area contributed by atoms with Crippen LogP contribution in [0.25, 0.3) is 0 Å². The maximum absolute atomic E-state index is 12.6. The molecule has 2 fully saturated rings. The number of nitrogens with one attached hydrogen (secondary N) is 1. The Bertz CT molecular complexity index is 546. The van der Waals surface area contributed by atoms with Crippen molar-refractivity contribution >= 4 is 21.4 Å². The number of hydrogen-bond donors (Lipinski definition) is 1. The molecular weight excluding hydrogens is 270 g/mol. The predicted molar refractivity (Wildman–Crippen MR) is 71.6 cm³/mol. The van der Waals surface area contributed by atoms with Crippen LogP contribution in [0.15, 0.2) is 29.2 Å². The molecule has 0 amide bonds. The average Bonchev–Trinajstić information content (AvgIpc) is 2.68. The Hall–Kier alpha value is -0.580. The summed E-state index contributed by atoms with van der Waals surface area (Å²) in [5.74, 6) is 0. The van der Waals surface area contributed by atoms with E-state index in [-0.39, 0.29) is 5.25 Å². The molecule has 2 aliphatic rings. The second kappa shape index (κ2) is 4.51. The van der Waals surface area contributed by atoms with Gasteiger partial charge in [-0.3, -0.25) is 0 Å². The first-order valence-electron chi connectivity index (χ1n) is 6.31. The van der Waals surface area contributed by atoms with Crippen molar-refractivity contribution in [2.75, 3.05) is 0 Å². The molecule has 5 heteroatoms. The number of rotatable bonds is 2. The van der Waals surface area contributed by atoms with Gasteiger partial charge in [0, 0.05) is 17.1 Å². The molecule has 2 aliphatic heterocycles. The number of hydrogen-bond acceptors (Lipinski definition) is 3. The second-order valence-electron chi connectivity index (χ2n) is 5.23. The summed E-state index contributed by atoms with van der Waals surface area (Å²) in [4.78, 5) is 0.362. The minimum absolute atomic E-state index is 0.255. The van der Waals surface area contributed by atoms with E-state index in [1.54, 1.807) is 24.3 Å². The van der Waals surface area contributed by atoms with E-state index in [9.17, 15) is 8.42 Å². The van der Waals surface area contributed by atoms with Crippen molar-refractivity contribution in [1.82, 2.24) is 5.32 Å². The lowest BCUT2D eigenvalue weighted by molar-refractivity contribution is 0.401. The van der Waals surface area contributed by atoms with Crippen LogP contribution in [0.1, 0.15) is 25.7 Å². The fourth-order valence-corrected chi connectivity index (χ4v) is 5.27. The van der Waals surface area contributed by atoms with E-state index in [4.69, 9.17) is 11.6 Å². The molecular formula is C13H16ClNO2S. The molecule has 1 N–H and O–H groups in total. The molecule has 98 valence electrons. The standard InChI is InChI=1S/C13H16ClNO2S/c14-9-2-1-3-12(6-9)18(16,17)13-7-10-4-5-11(8-13)15-10/h1-3,6,10-11,13,15H,4-5,7-8H2/t10-,11+,13?. The number of piperidine rings is 1. The van der Waals surface area contributed by atoms with Crippen LogP contribution in [0.5, 0.6) is 0 Å². The number of benzene rings is 1. The summed E-state index contributed by atoms with van der Waals surface area (Å²) < 4.78 is 25.1. The predicted octanol–water partition coefficient (Wildman–Crippen LogP) is 2.40. The van der Waals surface area contributed by atoms with E-state index >= 15 is 0 Å². The molecule has 3 nitrogen and oxygen atoms in total. The van der Waals surface area contributed by atoms with E-state index in [1.807, 2.05) is 0 Å². The summed E-state index contributed by atoms with van der Waals surface area (Å²) in [7, 11) is -3.23. The Morgan fingerprint density at radius 2 is 1.83 bits per heavy atom. The highest BCUT2D eigenvalue weighted by atomic mass is 35.5. The fraction of sp³-hybridized carbons (Fsp3) is 0.538. The smallest absolute Gasteiger partial charge is 0.181 e. The molecule has 2 saturated heterocycles. The molecule has 2 bridgehead atoms. The maximum Gasteiger partial charge on any atom is 0.181 e. The van der Waals surface area contributed by atoms with E-state index in [1.165, 1.54) is 0 Å². The topological polar surface area (TPSA) is 46.2 Å². The molecule has 0 saturated carbocycles. The summed E-state index contributed by atoms with van der Waals surface area (Å²) in [6.07, 6.45) is 3.66. The lowest BCUT2D eigenvalue weighted by Gasteiger charge is -2.28. The molecule has 18 heavy (non-hydrogen) atoms. The molecule has 0 aromatic heterocycles. The zero-order valence-electron chi connectivity index (χ0n) is 9.97. The van der Waals surface area contributed by atoms with Gasteiger partial charge in [0.05, 0.1) is 10.1 Å². The number of halogens is 1. The van der Waals surface area contributed by atoms with Gasteiger partial charge >= 0.3 is 0 Å². The van der Waals surface area contributed by atoms with Crippen LogP contribution >= 0.6 is 11.6 Å². The first kappa shape index (κ1) is 12.5. The Kier molecular flexibility index (Phi) is 3.12. The normalized spacial score (nSPS) is 31.5. The molecule has 3 rings (SSSR count). The van der Waals surface area contributed by atoms with Gasteiger partial charge < -0.3 is 5.32 Å². The number of sulfone groups is 1. The molecule has 2 heterocycles. The third kappa shape index (κ3) is 2.17. The third-order valence-electron chi connectivity index (χ3n) is 3.99. The van der Waals surface area contributed by atoms with Gasteiger partial charge in [0.2, 0.25) is 0 Å². The van der Waals surface area contributed by atoms with Crippen LogP contribution < -0.4 is 5.32 Å². The van der Waals surface area contributed by atoms with Gasteiger partial charge in [-0.2, -0.15) is 0 Å². The Morgan fingerprint density at radius 3 is 2.44 bits per heavy atom. The maximum atomic E-state index is 12.6. The summed E-state index contributed by atoms with van der Waals surface area (Å²) >= 11 is 5.88. The van der Waals surface area contributed by atoms with E-state index in [2.05, 4.69) is 5.32 Å². The van der Waals surface area contributed by atoms with Crippen LogP contribution in [0.2, 0.25) is 5.02 Å². The van der Waals surface area contributed by atoms with Crippen molar-refractivity contribution in [2.45, 2.75) is 47.9 Å². The van der Waals surface area contributed by atoms with E-state index < -0.39 is 9.84 Å². The molecule has 1 aromatic rings. The van der Waals surface area contributed by atoms with Crippen molar-refractivity contribution in [3.8, 4) is 0 Å². The van der Waals surface area contributed by atoms with Crippen LogP contribution in [-0.4, -0.2) is 25.8 Å². The van der Waals surface area contributed by atoms with Gasteiger partial charge in [-0.05, 0) is 43.9 Å².